The highest BCUT2D eigenvalue weighted by Gasteiger charge is 2.26. The molecule has 2 N–H and O–H groups in total. The van der Waals surface area contributed by atoms with Crippen LogP contribution in [0.5, 0.6) is 5.75 Å². The maximum Gasteiger partial charge on any atom is 0.346 e. The Morgan fingerprint density at radius 2 is 2.26 bits per heavy atom. The molecule has 0 saturated heterocycles. The van der Waals surface area contributed by atoms with Crippen molar-refractivity contribution < 1.29 is 14.3 Å². The van der Waals surface area contributed by atoms with Gasteiger partial charge < -0.3 is 15.2 Å². The van der Waals surface area contributed by atoms with E-state index in [-0.39, 0.29) is 11.5 Å². The monoisotopic (exact) mass is 298 g/mol. The number of thioether (sulfide) groups is 1. The summed E-state index contributed by atoms with van der Waals surface area (Å²) in [6.45, 7) is 0. The number of halogens is 1. The van der Waals surface area contributed by atoms with Gasteiger partial charge in [0.1, 0.15) is 10.7 Å². The number of carbonyl (C=O) groups is 1. The highest BCUT2D eigenvalue weighted by molar-refractivity contribution is 8.14. The Kier molecular flexibility index (Phi) is 4.01. The van der Waals surface area contributed by atoms with Gasteiger partial charge >= 0.3 is 5.97 Å². The van der Waals surface area contributed by atoms with Crippen LogP contribution in [0.25, 0.3) is 0 Å². The molecule has 1 heterocycles. The van der Waals surface area contributed by atoms with Crippen molar-refractivity contribution in [2.45, 2.75) is 0 Å². The number of rotatable bonds is 1. The Balaban J connectivity index is 2.60. The molecule has 0 spiro atoms. The second-order valence-electron chi connectivity index (χ2n) is 3.57. The van der Waals surface area contributed by atoms with Crippen LogP contribution in [0.3, 0.4) is 0 Å². The normalized spacial score (nSPS) is 14.2. The lowest BCUT2D eigenvalue weighted by Gasteiger charge is -2.08. The van der Waals surface area contributed by atoms with Gasteiger partial charge in [0.05, 0.1) is 7.11 Å². The minimum atomic E-state index is -0.593. The Bertz CT molecular complexity index is 599. The lowest BCUT2D eigenvalue weighted by Crippen LogP contribution is -2.20. The van der Waals surface area contributed by atoms with E-state index in [1.165, 1.54) is 18.9 Å². The zero-order valence-electron chi connectivity index (χ0n) is 10.3. The number of benzene rings is 1. The molecule has 0 aliphatic carbocycles. The van der Waals surface area contributed by atoms with Crippen molar-refractivity contribution in [2.75, 3.05) is 13.4 Å². The van der Waals surface area contributed by atoms with E-state index in [0.717, 1.165) is 0 Å². The molecule has 2 rings (SSSR count). The summed E-state index contributed by atoms with van der Waals surface area (Å²) in [6, 6.07) is 4.94. The molecule has 0 unspecified atom stereocenters. The highest BCUT2D eigenvalue weighted by atomic mass is 35.5. The standard InChI is InChI=1S/C12H11ClN2O3S/c1-17-12(16)9-10(14)18-8-4-3-6(13)5-7(8)15-11(9)19-2/h3-5H,14H2,1-2H3. The third kappa shape index (κ3) is 2.69. The average molecular weight is 299 g/mol. The first-order valence-electron chi connectivity index (χ1n) is 5.25. The number of nitrogens with two attached hydrogens (primary N) is 1. The number of hydrogen-bond donors (Lipinski definition) is 1. The minimum absolute atomic E-state index is 0.0407. The molecular weight excluding hydrogens is 288 g/mol. The fourth-order valence-electron chi connectivity index (χ4n) is 1.54. The number of nitrogens with zero attached hydrogens (tertiary/aromatic N) is 1. The van der Waals surface area contributed by atoms with Crippen molar-refractivity contribution in [3.8, 4) is 5.75 Å². The van der Waals surface area contributed by atoms with Gasteiger partial charge in [0.25, 0.3) is 0 Å². The molecule has 1 aromatic rings. The molecule has 5 nitrogen and oxygen atoms in total. The van der Waals surface area contributed by atoms with Gasteiger partial charge in [-0.1, -0.05) is 11.6 Å². The van der Waals surface area contributed by atoms with E-state index in [0.29, 0.717) is 21.5 Å². The first-order chi connectivity index (χ1) is 9.06. The fourth-order valence-corrected chi connectivity index (χ4v) is 2.29. The van der Waals surface area contributed by atoms with Crippen LogP contribution in [-0.2, 0) is 9.53 Å². The van der Waals surface area contributed by atoms with Crippen molar-refractivity contribution in [3.63, 3.8) is 0 Å². The summed E-state index contributed by atoms with van der Waals surface area (Å²) in [5.74, 6) is -0.196. The van der Waals surface area contributed by atoms with Crippen LogP contribution in [0.1, 0.15) is 0 Å². The first-order valence-corrected chi connectivity index (χ1v) is 6.85. The summed E-state index contributed by atoms with van der Waals surface area (Å²) in [4.78, 5) is 16.1. The summed E-state index contributed by atoms with van der Waals surface area (Å²) in [5.41, 5.74) is 6.43. The van der Waals surface area contributed by atoms with E-state index in [4.69, 9.17) is 26.8 Å². The summed E-state index contributed by atoms with van der Waals surface area (Å²) in [7, 11) is 1.27. The Morgan fingerprint density at radius 1 is 1.53 bits per heavy atom. The summed E-state index contributed by atoms with van der Waals surface area (Å²) >= 11 is 7.19. The van der Waals surface area contributed by atoms with E-state index in [1.807, 2.05) is 0 Å². The molecule has 0 amide bonds. The van der Waals surface area contributed by atoms with Crippen molar-refractivity contribution in [1.82, 2.24) is 0 Å². The quantitative estimate of drug-likeness (QED) is 0.806. The molecule has 1 aromatic carbocycles. The maximum atomic E-state index is 11.8. The number of methoxy groups -OCH3 is 1. The zero-order chi connectivity index (χ0) is 14.0. The van der Waals surface area contributed by atoms with Crippen LogP contribution in [-0.4, -0.2) is 24.4 Å². The number of aliphatic imine (C=N–C) groups is 1. The number of ether oxygens (including phenoxy) is 2. The van der Waals surface area contributed by atoms with Gasteiger partial charge in [-0.25, -0.2) is 9.79 Å². The highest BCUT2D eigenvalue weighted by Crippen LogP contribution is 2.36. The first kappa shape index (κ1) is 13.8. The SMILES string of the molecule is COC(=O)C1=C(N)Oc2ccc(Cl)cc2N=C1SC. The lowest BCUT2D eigenvalue weighted by molar-refractivity contribution is -0.135. The average Bonchev–Trinajstić information content (AvgIpc) is 2.53. The predicted molar refractivity (Wildman–Crippen MR) is 75.9 cm³/mol. The van der Waals surface area contributed by atoms with Crippen molar-refractivity contribution in [2.24, 2.45) is 10.7 Å². The van der Waals surface area contributed by atoms with Gasteiger partial charge in [-0.15, -0.1) is 11.8 Å². The maximum absolute atomic E-state index is 11.8. The smallest absolute Gasteiger partial charge is 0.346 e. The van der Waals surface area contributed by atoms with Gasteiger partial charge in [0, 0.05) is 5.02 Å². The summed E-state index contributed by atoms with van der Waals surface area (Å²) in [6.07, 6.45) is 1.78. The van der Waals surface area contributed by atoms with Crippen molar-refractivity contribution in [3.05, 3.63) is 34.7 Å². The van der Waals surface area contributed by atoms with Crippen LogP contribution < -0.4 is 10.5 Å². The van der Waals surface area contributed by atoms with Crippen molar-refractivity contribution in [1.29, 1.82) is 0 Å². The van der Waals surface area contributed by atoms with Crippen LogP contribution in [0.15, 0.2) is 34.6 Å². The molecule has 0 atom stereocenters. The lowest BCUT2D eigenvalue weighted by atomic mass is 10.3. The number of esters is 1. The topological polar surface area (TPSA) is 73.9 Å². The molecule has 0 radical (unpaired) electrons. The molecule has 7 heteroatoms. The van der Waals surface area contributed by atoms with Gasteiger partial charge in [-0.2, -0.15) is 0 Å². The largest absolute Gasteiger partial charge is 0.465 e. The fraction of sp³-hybridized carbons (Fsp3) is 0.167. The van der Waals surface area contributed by atoms with E-state index in [9.17, 15) is 4.79 Å². The van der Waals surface area contributed by atoms with Gasteiger partial charge in [-0.3, -0.25) is 0 Å². The Hall–Kier alpha value is -1.66. The van der Waals surface area contributed by atoms with E-state index in [1.54, 1.807) is 24.5 Å². The van der Waals surface area contributed by atoms with E-state index < -0.39 is 5.97 Å². The number of hydrogen-bond acceptors (Lipinski definition) is 6. The molecule has 1 aliphatic heterocycles. The molecule has 1 aliphatic rings. The van der Waals surface area contributed by atoms with E-state index >= 15 is 0 Å². The molecule has 100 valence electrons. The molecule has 0 fully saturated rings. The Morgan fingerprint density at radius 3 is 2.89 bits per heavy atom. The zero-order valence-corrected chi connectivity index (χ0v) is 11.8. The second-order valence-corrected chi connectivity index (χ2v) is 4.80. The van der Waals surface area contributed by atoms with Crippen LogP contribution in [0, 0.1) is 0 Å². The van der Waals surface area contributed by atoms with Crippen LogP contribution in [0.4, 0.5) is 5.69 Å². The molecule has 0 saturated carbocycles. The minimum Gasteiger partial charge on any atom is -0.465 e. The third-order valence-electron chi connectivity index (χ3n) is 2.41. The molecular formula is C12H11ClN2O3S. The number of fused-ring (bicyclic) bond motifs is 1. The Labute approximate surface area is 119 Å². The van der Waals surface area contributed by atoms with Gasteiger partial charge in [0.2, 0.25) is 5.88 Å². The molecule has 0 aromatic heterocycles. The summed E-state index contributed by atoms with van der Waals surface area (Å²) in [5, 5.41) is 0.942. The van der Waals surface area contributed by atoms with Gasteiger partial charge in [0.15, 0.2) is 11.3 Å². The predicted octanol–water partition coefficient (Wildman–Crippen LogP) is 2.47. The number of carbonyl (C=O) groups excluding carboxylic acids is 1. The third-order valence-corrected chi connectivity index (χ3v) is 3.32. The molecule has 0 bridgehead atoms. The summed E-state index contributed by atoms with van der Waals surface area (Å²) < 4.78 is 10.1. The van der Waals surface area contributed by atoms with Crippen LogP contribution in [0.2, 0.25) is 5.02 Å². The van der Waals surface area contributed by atoms with Crippen LogP contribution >= 0.6 is 23.4 Å². The molecule has 19 heavy (non-hydrogen) atoms. The van der Waals surface area contributed by atoms with E-state index in [2.05, 4.69) is 4.99 Å². The van der Waals surface area contributed by atoms with Gasteiger partial charge in [-0.05, 0) is 24.5 Å². The van der Waals surface area contributed by atoms with Crippen molar-refractivity contribution >= 4 is 40.1 Å². The second kappa shape index (κ2) is 5.54.